The van der Waals surface area contributed by atoms with Gasteiger partial charge in [-0.1, -0.05) is 48.5 Å². The first kappa shape index (κ1) is 24.1. The topological polar surface area (TPSA) is 46.6 Å². The van der Waals surface area contributed by atoms with Crippen molar-refractivity contribution in [2.45, 2.75) is 12.6 Å². The Labute approximate surface area is 213 Å². The summed E-state index contributed by atoms with van der Waals surface area (Å²) in [5, 5.41) is 0. The van der Waals surface area contributed by atoms with Crippen LogP contribution in [0.25, 0.3) is 0 Å². The van der Waals surface area contributed by atoms with Crippen molar-refractivity contribution in [3.8, 4) is 5.75 Å². The third kappa shape index (κ3) is 5.33. The SMILES string of the molecule is O=C(/C=C/[C@@H]1C(=O)N(c2ccc(F)cc2)[C@H]1c1ccc(OCc2ccccc2)cc1)c1ccc(F)cc1. The first-order valence-corrected chi connectivity index (χ1v) is 11.8. The van der Waals surface area contributed by atoms with Gasteiger partial charge in [-0.05, 0) is 77.9 Å². The molecule has 0 spiro atoms. The van der Waals surface area contributed by atoms with Gasteiger partial charge in [0.15, 0.2) is 5.78 Å². The van der Waals surface area contributed by atoms with Crippen LogP contribution in [0.5, 0.6) is 5.75 Å². The van der Waals surface area contributed by atoms with Crippen LogP contribution in [0, 0.1) is 17.6 Å². The number of rotatable bonds is 8. The van der Waals surface area contributed by atoms with E-state index in [0.29, 0.717) is 23.6 Å². The second kappa shape index (κ2) is 10.6. The zero-order valence-corrected chi connectivity index (χ0v) is 19.8. The molecule has 1 fully saturated rings. The molecule has 0 bridgehead atoms. The van der Waals surface area contributed by atoms with E-state index < -0.39 is 23.6 Å². The summed E-state index contributed by atoms with van der Waals surface area (Å²) in [5.74, 6) is -1.26. The monoisotopic (exact) mass is 495 g/mol. The molecule has 1 amide bonds. The second-order valence-electron chi connectivity index (χ2n) is 8.73. The predicted molar refractivity (Wildman–Crippen MR) is 137 cm³/mol. The first-order chi connectivity index (χ1) is 18.0. The van der Waals surface area contributed by atoms with Crippen LogP contribution in [0.3, 0.4) is 0 Å². The molecule has 1 aliphatic heterocycles. The Morgan fingerprint density at radius 1 is 0.811 bits per heavy atom. The number of hydrogen-bond donors (Lipinski definition) is 0. The molecule has 2 atom stereocenters. The van der Waals surface area contributed by atoms with Gasteiger partial charge in [-0.25, -0.2) is 8.78 Å². The molecule has 4 nitrogen and oxygen atoms in total. The van der Waals surface area contributed by atoms with Crippen molar-refractivity contribution in [3.63, 3.8) is 0 Å². The number of ketones is 1. The average molecular weight is 496 g/mol. The fourth-order valence-corrected chi connectivity index (χ4v) is 4.35. The van der Waals surface area contributed by atoms with Gasteiger partial charge in [0.1, 0.15) is 24.0 Å². The highest BCUT2D eigenvalue weighted by Gasteiger charge is 2.47. The molecule has 4 aromatic carbocycles. The van der Waals surface area contributed by atoms with E-state index in [1.54, 1.807) is 23.1 Å². The van der Waals surface area contributed by atoms with Gasteiger partial charge in [0.2, 0.25) is 5.91 Å². The van der Waals surface area contributed by atoms with E-state index >= 15 is 0 Å². The number of benzene rings is 4. The van der Waals surface area contributed by atoms with E-state index in [-0.39, 0.29) is 11.7 Å². The van der Waals surface area contributed by atoms with Gasteiger partial charge in [0, 0.05) is 11.3 Å². The summed E-state index contributed by atoms with van der Waals surface area (Å²) in [6.45, 7) is 0.431. The van der Waals surface area contributed by atoms with Crippen LogP contribution in [-0.4, -0.2) is 11.7 Å². The van der Waals surface area contributed by atoms with Crippen LogP contribution < -0.4 is 9.64 Å². The maximum absolute atomic E-state index is 13.5. The van der Waals surface area contributed by atoms with Gasteiger partial charge in [-0.2, -0.15) is 0 Å². The molecule has 0 unspecified atom stereocenters. The number of hydrogen-bond acceptors (Lipinski definition) is 3. The van der Waals surface area contributed by atoms with Gasteiger partial charge in [-0.3, -0.25) is 9.59 Å². The summed E-state index contributed by atoms with van der Waals surface area (Å²) >= 11 is 0. The maximum Gasteiger partial charge on any atom is 0.236 e. The largest absolute Gasteiger partial charge is 0.489 e. The minimum absolute atomic E-state index is 0.204. The fraction of sp³-hybridized carbons (Fsp3) is 0.0968. The quantitative estimate of drug-likeness (QED) is 0.156. The van der Waals surface area contributed by atoms with E-state index in [2.05, 4.69) is 0 Å². The van der Waals surface area contributed by atoms with Crippen molar-refractivity contribution < 1.29 is 23.1 Å². The molecule has 0 aromatic heterocycles. The third-order valence-electron chi connectivity index (χ3n) is 6.30. The first-order valence-electron chi connectivity index (χ1n) is 11.8. The Kier molecular flexibility index (Phi) is 6.90. The minimum atomic E-state index is -0.592. The molecule has 0 saturated carbocycles. The Balaban J connectivity index is 1.37. The summed E-state index contributed by atoms with van der Waals surface area (Å²) in [7, 11) is 0. The smallest absolute Gasteiger partial charge is 0.236 e. The minimum Gasteiger partial charge on any atom is -0.489 e. The Morgan fingerprint density at radius 3 is 2.08 bits per heavy atom. The molecule has 184 valence electrons. The van der Waals surface area contributed by atoms with Crippen molar-refractivity contribution >= 4 is 17.4 Å². The zero-order chi connectivity index (χ0) is 25.8. The van der Waals surface area contributed by atoms with Crippen molar-refractivity contribution in [2.75, 3.05) is 4.90 Å². The number of nitrogens with zero attached hydrogens (tertiary/aromatic N) is 1. The molecular weight excluding hydrogens is 472 g/mol. The second-order valence-corrected chi connectivity index (χ2v) is 8.73. The van der Waals surface area contributed by atoms with Crippen LogP contribution in [0.15, 0.2) is 115 Å². The predicted octanol–water partition coefficient (Wildman–Crippen LogP) is 6.69. The van der Waals surface area contributed by atoms with E-state index in [4.69, 9.17) is 4.74 Å². The number of carbonyl (C=O) groups excluding carboxylic acids is 2. The van der Waals surface area contributed by atoms with Crippen LogP contribution >= 0.6 is 0 Å². The lowest BCUT2D eigenvalue weighted by atomic mass is 9.81. The summed E-state index contributed by atoms with van der Waals surface area (Å²) in [5.41, 5.74) is 2.79. The number of ether oxygens (including phenoxy) is 1. The van der Waals surface area contributed by atoms with Gasteiger partial charge in [0.05, 0.1) is 12.0 Å². The number of amides is 1. The molecule has 0 N–H and O–H groups in total. The highest BCUT2D eigenvalue weighted by molar-refractivity contribution is 6.07. The zero-order valence-electron chi connectivity index (χ0n) is 19.8. The van der Waals surface area contributed by atoms with E-state index in [0.717, 1.165) is 11.1 Å². The molecule has 5 rings (SSSR count). The average Bonchev–Trinajstić information content (AvgIpc) is 2.93. The van der Waals surface area contributed by atoms with Gasteiger partial charge < -0.3 is 9.64 Å². The highest BCUT2D eigenvalue weighted by atomic mass is 19.1. The number of β-lactam (4-membered cyclic amide) rings is 1. The molecule has 1 aliphatic rings. The standard InChI is InChI=1S/C31H23F2NO3/c32-24-10-6-22(7-11-24)29(35)19-18-28-30(34(31(28)36)26-14-12-25(33)13-15-26)23-8-16-27(17-9-23)37-20-21-4-2-1-3-5-21/h1-19,28,30H,20H2/b19-18+/t28-,30-/m0/s1. The lowest BCUT2D eigenvalue weighted by Gasteiger charge is -2.46. The lowest BCUT2D eigenvalue weighted by molar-refractivity contribution is -0.128. The van der Waals surface area contributed by atoms with Gasteiger partial charge in [-0.15, -0.1) is 0 Å². The Hall–Kier alpha value is -4.58. The van der Waals surface area contributed by atoms with Crippen molar-refractivity contribution in [1.82, 2.24) is 0 Å². The van der Waals surface area contributed by atoms with Crippen LogP contribution in [0.4, 0.5) is 14.5 Å². The van der Waals surface area contributed by atoms with Gasteiger partial charge >= 0.3 is 0 Å². The molecule has 4 aromatic rings. The van der Waals surface area contributed by atoms with Crippen LogP contribution in [0.1, 0.15) is 27.5 Å². The number of halogens is 2. The van der Waals surface area contributed by atoms with Crippen LogP contribution in [0.2, 0.25) is 0 Å². The summed E-state index contributed by atoms with van der Waals surface area (Å²) in [6.07, 6.45) is 2.93. The number of anilines is 1. The van der Waals surface area contributed by atoms with Crippen LogP contribution in [-0.2, 0) is 11.4 Å². The highest BCUT2D eigenvalue weighted by Crippen LogP contribution is 2.44. The molecule has 0 radical (unpaired) electrons. The maximum atomic E-state index is 13.5. The van der Waals surface area contributed by atoms with E-state index in [1.807, 2.05) is 54.6 Å². The molecule has 0 aliphatic carbocycles. The molecule has 1 saturated heterocycles. The van der Waals surface area contributed by atoms with E-state index in [1.165, 1.54) is 42.5 Å². The molecule has 6 heteroatoms. The van der Waals surface area contributed by atoms with Crippen molar-refractivity contribution in [2.24, 2.45) is 5.92 Å². The fourth-order valence-electron chi connectivity index (χ4n) is 4.35. The molecule has 37 heavy (non-hydrogen) atoms. The van der Waals surface area contributed by atoms with E-state index in [9.17, 15) is 18.4 Å². The lowest BCUT2D eigenvalue weighted by Crippen LogP contribution is -2.54. The van der Waals surface area contributed by atoms with Crippen molar-refractivity contribution in [3.05, 3.63) is 144 Å². The Bertz CT molecular complexity index is 1420. The molecular formula is C31H23F2NO3. The summed E-state index contributed by atoms with van der Waals surface area (Å²) in [6, 6.07) is 27.9. The summed E-state index contributed by atoms with van der Waals surface area (Å²) in [4.78, 5) is 27.3. The summed E-state index contributed by atoms with van der Waals surface area (Å²) < 4.78 is 32.6. The normalized spacial score (nSPS) is 17.0. The van der Waals surface area contributed by atoms with Gasteiger partial charge in [0.25, 0.3) is 0 Å². The number of allylic oxidation sites excluding steroid dienone is 1. The third-order valence-corrected chi connectivity index (χ3v) is 6.30. The number of carbonyl (C=O) groups is 2. The van der Waals surface area contributed by atoms with Crippen molar-refractivity contribution in [1.29, 1.82) is 0 Å². The molecule has 1 heterocycles. The Morgan fingerprint density at radius 2 is 1.43 bits per heavy atom.